The van der Waals surface area contributed by atoms with Crippen LogP contribution in [-0.4, -0.2) is 61.3 Å². The van der Waals surface area contributed by atoms with E-state index in [0.717, 1.165) is 38.5 Å². The number of amides is 2. The van der Waals surface area contributed by atoms with E-state index in [4.69, 9.17) is 14.2 Å². The lowest BCUT2D eigenvalue weighted by molar-refractivity contribution is -0.125. The molecule has 2 unspecified atom stereocenters. The molecule has 0 spiro atoms. The van der Waals surface area contributed by atoms with Gasteiger partial charge in [-0.15, -0.1) is 11.8 Å². The Morgan fingerprint density at radius 2 is 1.77 bits per heavy atom. The van der Waals surface area contributed by atoms with Gasteiger partial charge in [0.15, 0.2) is 11.5 Å². The van der Waals surface area contributed by atoms with Crippen LogP contribution < -0.4 is 19.5 Å². The highest BCUT2D eigenvalue weighted by atomic mass is 32.2. The SMILES string of the molecule is CCCCCC1SCC(C(=O)NC2CC2)N1C(=O)c1cc(OC)c(OC)c(OC)c1. The molecule has 0 bridgehead atoms. The number of rotatable bonds is 10. The fraction of sp³-hybridized carbons (Fsp3) is 0.636. The highest BCUT2D eigenvalue weighted by Crippen LogP contribution is 2.40. The zero-order valence-corrected chi connectivity index (χ0v) is 19.0. The standard InChI is InChI=1S/C22H32N2O5S/c1-5-6-7-8-19-24(16(13-30-19)21(25)23-15-9-10-15)22(26)14-11-17(27-2)20(29-4)18(12-14)28-3/h11-12,15-16,19H,5-10,13H2,1-4H3,(H,23,25). The molecule has 1 saturated heterocycles. The number of carbonyl (C=O) groups is 2. The molecular weight excluding hydrogens is 404 g/mol. The summed E-state index contributed by atoms with van der Waals surface area (Å²) in [7, 11) is 4.58. The van der Waals surface area contributed by atoms with Gasteiger partial charge in [0.2, 0.25) is 11.7 Å². The third-order valence-corrected chi connectivity index (χ3v) is 6.88. The van der Waals surface area contributed by atoms with Crippen LogP contribution in [0.15, 0.2) is 12.1 Å². The molecule has 2 aliphatic rings. The van der Waals surface area contributed by atoms with Gasteiger partial charge in [-0.25, -0.2) is 0 Å². The lowest BCUT2D eigenvalue weighted by Crippen LogP contribution is -2.50. The highest BCUT2D eigenvalue weighted by molar-refractivity contribution is 8.00. The number of ether oxygens (including phenoxy) is 3. The first kappa shape index (κ1) is 22.6. The Morgan fingerprint density at radius 3 is 2.30 bits per heavy atom. The van der Waals surface area contributed by atoms with Gasteiger partial charge in [0.05, 0.1) is 26.7 Å². The fourth-order valence-electron chi connectivity index (χ4n) is 3.71. The zero-order chi connectivity index (χ0) is 21.7. The van der Waals surface area contributed by atoms with Crippen molar-refractivity contribution in [3.05, 3.63) is 17.7 Å². The van der Waals surface area contributed by atoms with Crippen molar-refractivity contribution < 1.29 is 23.8 Å². The van der Waals surface area contributed by atoms with E-state index < -0.39 is 6.04 Å². The Balaban J connectivity index is 1.89. The molecule has 1 aromatic carbocycles. The summed E-state index contributed by atoms with van der Waals surface area (Å²) in [4.78, 5) is 28.3. The number of thioether (sulfide) groups is 1. The normalized spacial score (nSPS) is 20.7. The van der Waals surface area contributed by atoms with Crippen molar-refractivity contribution in [1.82, 2.24) is 10.2 Å². The summed E-state index contributed by atoms with van der Waals surface area (Å²) in [6, 6.07) is 3.12. The Hall–Kier alpha value is -2.09. The average Bonchev–Trinajstić information content (AvgIpc) is 3.47. The van der Waals surface area contributed by atoms with Gasteiger partial charge in [0.25, 0.3) is 5.91 Å². The van der Waals surface area contributed by atoms with Crippen molar-refractivity contribution >= 4 is 23.6 Å². The molecule has 1 saturated carbocycles. The first-order valence-corrected chi connectivity index (χ1v) is 11.6. The van der Waals surface area contributed by atoms with Gasteiger partial charge in [-0.2, -0.15) is 0 Å². The van der Waals surface area contributed by atoms with E-state index in [9.17, 15) is 9.59 Å². The average molecular weight is 437 g/mol. The van der Waals surface area contributed by atoms with Crippen LogP contribution in [-0.2, 0) is 4.79 Å². The van der Waals surface area contributed by atoms with Gasteiger partial charge >= 0.3 is 0 Å². The Kier molecular flexibility index (Phi) is 7.75. The summed E-state index contributed by atoms with van der Waals surface area (Å²) in [5.74, 6) is 1.67. The molecule has 1 N–H and O–H groups in total. The van der Waals surface area contributed by atoms with E-state index >= 15 is 0 Å². The molecule has 2 atom stereocenters. The molecule has 8 heteroatoms. The van der Waals surface area contributed by atoms with E-state index in [1.807, 2.05) is 0 Å². The second kappa shape index (κ2) is 10.3. The van der Waals surface area contributed by atoms with Crippen LogP contribution in [0.4, 0.5) is 0 Å². The molecule has 1 aromatic rings. The molecule has 1 aliphatic heterocycles. The van der Waals surface area contributed by atoms with Crippen molar-refractivity contribution in [3.63, 3.8) is 0 Å². The topological polar surface area (TPSA) is 77.1 Å². The van der Waals surface area contributed by atoms with Crippen LogP contribution in [0.3, 0.4) is 0 Å². The summed E-state index contributed by atoms with van der Waals surface area (Å²) in [5, 5.41) is 3.05. The van der Waals surface area contributed by atoms with Crippen LogP contribution in [0.2, 0.25) is 0 Å². The third kappa shape index (κ3) is 4.96. The lowest BCUT2D eigenvalue weighted by Gasteiger charge is -2.29. The molecule has 1 heterocycles. The summed E-state index contributed by atoms with van der Waals surface area (Å²) >= 11 is 1.69. The van der Waals surface area contributed by atoms with Crippen molar-refractivity contribution in [1.29, 1.82) is 0 Å². The minimum atomic E-state index is -0.464. The second-order valence-electron chi connectivity index (χ2n) is 7.71. The van der Waals surface area contributed by atoms with Crippen LogP contribution in [0.1, 0.15) is 55.8 Å². The van der Waals surface area contributed by atoms with Crippen molar-refractivity contribution in [3.8, 4) is 17.2 Å². The predicted molar refractivity (Wildman–Crippen MR) is 118 cm³/mol. The van der Waals surface area contributed by atoms with Gasteiger partial charge in [-0.3, -0.25) is 9.59 Å². The monoisotopic (exact) mass is 436 g/mol. The maximum absolute atomic E-state index is 13.6. The molecule has 2 amide bonds. The molecule has 166 valence electrons. The van der Waals surface area contributed by atoms with Gasteiger partial charge in [0.1, 0.15) is 6.04 Å². The smallest absolute Gasteiger partial charge is 0.255 e. The molecule has 2 fully saturated rings. The number of hydrogen-bond acceptors (Lipinski definition) is 6. The predicted octanol–water partition coefficient (Wildman–Crippen LogP) is 3.46. The number of methoxy groups -OCH3 is 3. The number of unbranched alkanes of at least 4 members (excludes halogenated alkanes) is 2. The number of benzene rings is 1. The quantitative estimate of drug-likeness (QED) is 0.566. The van der Waals surface area contributed by atoms with E-state index in [1.165, 1.54) is 21.3 Å². The molecule has 7 nitrogen and oxygen atoms in total. The summed E-state index contributed by atoms with van der Waals surface area (Å²) in [6.45, 7) is 2.16. The number of hydrogen-bond donors (Lipinski definition) is 1. The fourth-order valence-corrected chi connectivity index (χ4v) is 5.16. The Bertz CT molecular complexity index is 743. The van der Waals surface area contributed by atoms with Crippen molar-refractivity contribution in [2.75, 3.05) is 27.1 Å². The maximum Gasteiger partial charge on any atom is 0.255 e. The van der Waals surface area contributed by atoms with Gasteiger partial charge in [0, 0.05) is 17.4 Å². The van der Waals surface area contributed by atoms with Crippen LogP contribution in [0.25, 0.3) is 0 Å². The number of nitrogens with one attached hydrogen (secondary N) is 1. The van der Waals surface area contributed by atoms with Gasteiger partial charge < -0.3 is 24.4 Å². The third-order valence-electron chi connectivity index (χ3n) is 5.52. The Labute approximate surface area is 182 Å². The van der Waals surface area contributed by atoms with Crippen molar-refractivity contribution in [2.24, 2.45) is 0 Å². The van der Waals surface area contributed by atoms with Crippen LogP contribution in [0.5, 0.6) is 17.2 Å². The van der Waals surface area contributed by atoms with Gasteiger partial charge in [-0.1, -0.05) is 26.2 Å². The molecule has 30 heavy (non-hydrogen) atoms. The van der Waals surface area contributed by atoms with Crippen LogP contribution >= 0.6 is 11.8 Å². The molecule has 0 aromatic heterocycles. The summed E-state index contributed by atoms with van der Waals surface area (Å²) in [6.07, 6.45) is 6.18. The molecular formula is C22H32N2O5S. The zero-order valence-electron chi connectivity index (χ0n) is 18.2. The minimum absolute atomic E-state index is 0.0157. The number of carbonyl (C=O) groups excluding carboxylic acids is 2. The Morgan fingerprint density at radius 1 is 1.10 bits per heavy atom. The lowest BCUT2D eigenvalue weighted by atomic mass is 10.1. The van der Waals surface area contributed by atoms with Gasteiger partial charge in [-0.05, 0) is 31.4 Å². The molecule has 0 radical (unpaired) electrons. The van der Waals surface area contributed by atoms with Crippen LogP contribution in [0, 0.1) is 0 Å². The summed E-state index contributed by atoms with van der Waals surface area (Å²) < 4.78 is 16.2. The molecule has 3 rings (SSSR count). The van der Waals surface area contributed by atoms with E-state index in [1.54, 1.807) is 28.8 Å². The summed E-state index contributed by atoms with van der Waals surface area (Å²) in [5.41, 5.74) is 0.428. The molecule has 1 aliphatic carbocycles. The van der Waals surface area contributed by atoms with E-state index in [-0.39, 0.29) is 23.2 Å². The maximum atomic E-state index is 13.6. The van der Waals surface area contributed by atoms with Crippen molar-refractivity contribution in [2.45, 2.75) is 62.9 Å². The highest BCUT2D eigenvalue weighted by Gasteiger charge is 2.43. The first-order chi connectivity index (χ1) is 14.5. The number of nitrogens with zero attached hydrogens (tertiary/aromatic N) is 1. The van der Waals surface area contributed by atoms with E-state index in [0.29, 0.717) is 28.6 Å². The second-order valence-corrected chi connectivity index (χ2v) is 8.92. The van der Waals surface area contributed by atoms with E-state index in [2.05, 4.69) is 12.2 Å². The minimum Gasteiger partial charge on any atom is -0.493 e. The first-order valence-electron chi connectivity index (χ1n) is 10.6. The largest absolute Gasteiger partial charge is 0.493 e.